The summed E-state index contributed by atoms with van der Waals surface area (Å²) in [5, 5.41) is 4.20. The fourth-order valence-electron chi connectivity index (χ4n) is 1.43. The Morgan fingerprint density at radius 3 is 2.94 bits per heavy atom. The van der Waals surface area contributed by atoms with Crippen molar-refractivity contribution in [1.29, 1.82) is 0 Å². The average molecular weight is 232 g/mol. The second kappa shape index (κ2) is 4.73. The van der Waals surface area contributed by atoms with Crippen LogP contribution in [0.1, 0.15) is 23.1 Å². The molecule has 2 aromatic rings. The Labute approximate surface area is 98.3 Å². The number of carbonyl (C=O) groups excluding carboxylic acids is 1. The molecule has 6 heteroatoms. The standard InChI is InChI=1S/C11H12N4O2/c1-3-17-11(16)9-6-8(2)14-15(9)10-7-12-4-5-13-10/h4-7H,3H2,1-2H3. The summed E-state index contributed by atoms with van der Waals surface area (Å²) >= 11 is 0. The molecule has 2 rings (SSSR count). The van der Waals surface area contributed by atoms with Crippen LogP contribution in [0.2, 0.25) is 0 Å². The molecule has 0 aromatic carbocycles. The summed E-state index contributed by atoms with van der Waals surface area (Å²) in [5.74, 6) is 0.0717. The number of nitrogens with zero attached hydrogens (tertiary/aromatic N) is 4. The molecule has 0 atom stereocenters. The van der Waals surface area contributed by atoms with Crippen LogP contribution in [0.25, 0.3) is 5.82 Å². The van der Waals surface area contributed by atoms with E-state index in [9.17, 15) is 4.79 Å². The van der Waals surface area contributed by atoms with Crippen molar-refractivity contribution in [2.24, 2.45) is 0 Å². The van der Waals surface area contributed by atoms with Crippen LogP contribution in [0.5, 0.6) is 0 Å². The summed E-state index contributed by atoms with van der Waals surface area (Å²) in [4.78, 5) is 19.8. The highest BCUT2D eigenvalue weighted by Crippen LogP contribution is 2.10. The Balaban J connectivity index is 2.44. The maximum absolute atomic E-state index is 11.7. The fourth-order valence-corrected chi connectivity index (χ4v) is 1.43. The lowest BCUT2D eigenvalue weighted by Crippen LogP contribution is -2.12. The van der Waals surface area contributed by atoms with Crippen LogP contribution in [-0.4, -0.2) is 32.3 Å². The third kappa shape index (κ3) is 2.30. The van der Waals surface area contributed by atoms with E-state index in [0.29, 0.717) is 18.1 Å². The number of hydrogen-bond donors (Lipinski definition) is 0. The van der Waals surface area contributed by atoms with Gasteiger partial charge in [0.1, 0.15) is 0 Å². The first-order valence-electron chi connectivity index (χ1n) is 5.22. The van der Waals surface area contributed by atoms with E-state index in [4.69, 9.17) is 4.74 Å². The van der Waals surface area contributed by atoms with Gasteiger partial charge in [-0.25, -0.2) is 14.5 Å². The van der Waals surface area contributed by atoms with Crippen molar-refractivity contribution in [1.82, 2.24) is 19.7 Å². The molecule has 2 heterocycles. The number of hydrogen-bond acceptors (Lipinski definition) is 5. The molecule has 0 radical (unpaired) electrons. The summed E-state index contributed by atoms with van der Waals surface area (Å²) in [5.41, 5.74) is 1.07. The molecule has 0 fully saturated rings. The van der Waals surface area contributed by atoms with Crippen molar-refractivity contribution >= 4 is 5.97 Å². The lowest BCUT2D eigenvalue weighted by molar-refractivity contribution is 0.0515. The highest BCUT2D eigenvalue weighted by molar-refractivity contribution is 5.88. The van der Waals surface area contributed by atoms with Gasteiger partial charge in [0.2, 0.25) is 0 Å². The lowest BCUT2D eigenvalue weighted by atomic mass is 10.4. The van der Waals surface area contributed by atoms with E-state index in [0.717, 1.165) is 5.69 Å². The number of carbonyl (C=O) groups is 1. The molecule has 0 aliphatic heterocycles. The van der Waals surface area contributed by atoms with Gasteiger partial charge in [0.05, 0.1) is 18.5 Å². The maximum Gasteiger partial charge on any atom is 0.357 e. The summed E-state index contributed by atoms with van der Waals surface area (Å²) in [6, 6.07) is 1.66. The second-order valence-electron chi connectivity index (χ2n) is 3.37. The Hall–Kier alpha value is -2.24. The zero-order valence-electron chi connectivity index (χ0n) is 9.62. The van der Waals surface area contributed by atoms with Crippen LogP contribution < -0.4 is 0 Å². The Kier molecular flexibility index (Phi) is 3.13. The smallest absolute Gasteiger partial charge is 0.357 e. The minimum atomic E-state index is -0.418. The van der Waals surface area contributed by atoms with E-state index in [1.54, 1.807) is 32.3 Å². The van der Waals surface area contributed by atoms with Crippen molar-refractivity contribution in [3.8, 4) is 5.82 Å². The SMILES string of the molecule is CCOC(=O)c1cc(C)nn1-c1cnccn1. The maximum atomic E-state index is 11.7. The Morgan fingerprint density at radius 1 is 1.47 bits per heavy atom. The van der Waals surface area contributed by atoms with E-state index in [1.165, 1.54) is 10.9 Å². The minimum absolute atomic E-state index is 0.323. The molecule has 0 bridgehead atoms. The van der Waals surface area contributed by atoms with Crippen LogP contribution in [0.15, 0.2) is 24.7 Å². The molecule has 0 aliphatic carbocycles. The first kappa shape index (κ1) is 11.3. The van der Waals surface area contributed by atoms with Crippen LogP contribution in [0.3, 0.4) is 0 Å². The van der Waals surface area contributed by atoms with Gasteiger partial charge in [-0.05, 0) is 19.9 Å². The number of esters is 1. The zero-order valence-corrected chi connectivity index (χ0v) is 9.62. The third-order valence-corrected chi connectivity index (χ3v) is 2.08. The molecule has 0 amide bonds. The Bertz CT molecular complexity index is 522. The number of aryl methyl sites for hydroxylation is 1. The average Bonchev–Trinajstić information content (AvgIpc) is 2.73. The van der Waals surface area contributed by atoms with Gasteiger partial charge in [0.25, 0.3) is 0 Å². The predicted molar refractivity (Wildman–Crippen MR) is 59.8 cm³/mol. The molecule has 0 aliphatic rings. The van der Waals surface area contributed by atoms with Gasteiger partial charge < -0.3 is 4.74 Å². The molecule has 0 saturated heterocycles. The van der Waals surface area contributed by atoms with Crippen molar-refractivity contribution in [3.63, 3.8) is 0 Å². The van der Waals surface area contributed by atoms with Gasteiger partial charge in [0, 0.05) is 12.4 Å². The van der Waals surface area contributed by atoms with Crippen LogP contribution >= 0.6 is 0 Å². The number of rotatable bonds is 3. The van der Waals surface area contributed by atoms with E-state index in [2.05, 4.69) is 15.1 Å². The van der Waals surface area contributed by atoms with E-state index in [1.807, 2.05) is 0 Å². The summed E-state index contributed by atoms with van der Waals surface area (Å²) in [6.45, 7) is 3.88. The van der Waals surface area contributed by atoms with E-state index in [-0.39, 0.29) is 0 Å². The van der Waals surface area contributed by atoms with Gasteiger partial charge in [-0.3, -0.25) is 4.98 Å². The molecule has 0 unspecified atom stereocenters. The van der Waals surface area contributed by atoms with Gasteiger partial charge in [-0.2, -0.15) is 5.10 Å². The lowest BCUT2D eigenvalue weighted by Gasteiger charge is -2.04. The number of aromatic nitrogens is 4. The normalized spacial score (nSPS) is 10.2. The van der Waals surface area contributed by atoms with Crippen LogP contribution in [0, 0.1) is 6.92 Å². The highest BCUT2D eigenvalue weighted by Gasteiger charge is 2.16. The fraction of sp³-hybridized carbons (Fsp3) is 0.273. The second-order valence-corrected chi connectivity index (χ2v) is 3.37. The predicted octanol–water partition coefficient (Wildman–Crippen LogP) is 1.15. The molecule has 6 nitrogen and oxygen atoms in total. The molecular weight excluding hydrogens is 220 g/mol. The van der Waals surface area contributed by atoms with Gasteiger partial charge in [0.15, 0.2) is 11.5 Å². The van der Waals surface area contributed by atoms with Crippen LogP contribution in [-0.2, 0) is 4.74 Å². The number of ether oxygens (including phenoxy) is 1. The molecule has 0 spiro atoms. The van der Waals surface area contributed by atoms with E-state index >= 15 is 0 Å². The van der Waals surface area contributed by atoms with Crippen molar-refractivity contribution in [2.45, 2.75) is 13.8 Å². The van der Waals surface area contributed by atoms with Gasteiger partial charge in [-0.1, -0.05) is 0 Å². The molecule has 2 aromatic heterocycles. The molecule has 0 saturated carbocycles. The molecular formula is C11H12N4O2. The minimum Gasteiger partial charge on any atom is -0.461 e. The zero-order chi connectivity index (χ0) is 12.3. The van der Waals surface area contributed by atoms with E-state index < -0.39 is 5.97 Å². The summed E-state index contributed by atoms with van der Waals surface area (Å²) in [6.07, 6.45) is 4.64. The molecule has 0 N–H and O–H groups in total. The quantitative estimate of drug-likeness (QED) is 0.742. The highest BCUT2D eigenvalue weighted by atomic mass is 16.5. The van der Waals surface area contributed by atoms with Crippen molar-refractivity contribution < 1.29 is 9.53 Å². The van der Waals surface area contributed by atoms with Crippen molar-refractivity contribution in [3.05, 3.63) is 36.0 Å². The summed E-state index contributed by atoms with van der Waals surface area (Å²) < 4.78 is 6.39. The first-order chi connectivity index (χ1) is 8.22. The topological polar surface area (TPSA) is 69.9 Å². The monoisotopic (exact) mass is 232 g/mol. The Morgan fingerprint density at radius 2 is 2.29 bits per heavy atom. The largest absolute Gasteiger partial charge is 0.461 e. The third-order valence-electron chi connectivity index (χ3n) is 2.08. The van der Waals surface area contributed by atoms with Gasteiger partial charge in [-0.15, -0.1) is 0 Å². The molecule has 17 heavy (non-hydrogen) atoms. The summed E-state index contributed by atoms with van der Waals surface area (Å²) in [7, 11) is 0. The van der Waals surface area contributed by atoms with Crippen molar-refractivity contribution in [2.75, 3.05) is 6.61 Å². The van der Waals surface area contributed by atoms with Crippen LogP contribution in [0.4, 0.5) is 0 Å². The molecule has 88 valence electrons. The first-order valence-corrected chi connectivity index (χ1v) is 5.22. The van der Waals surface area contributed by atoms with Gasteiger partial charge >= 0.3 is 5.97 Å².